The Hall–Kier alpha value is -4.49. The molecule has 0 saturated carbocycles. The summed E-state index contributed by atoms with van der Waals surface area (Å²) < 4.78 is 6.03. The van der Waals surface area contributed by atoms with Crippen LogP contribution in [0.1, 0.15) is 31.8 Å². The largest absolute Gasteiger partial charge is 0.496 e. The van der Waals surface area contributed by atoms with Crippen molar-refractivity contribution in [3.63, 3.8) is 0 Å². The fourth-order valence-electron chi connectivity index (χ4n) is 6.89. The van der Waals surface area contributed by atoms with E-state index in [0.717, 1.165) is 16.8 Å². The Balaban J connectivity index is 1.52. The highest BCUT2D eigenvalue weighted by atomic mass is 79.9. The molecule has 202 valence electrons. The van der Waals surface area contributed by atoms with Crippen LogP contribution in [0.5, 0.6) is 5.75 Å². The minimum Gasteiger partial charge on any atom is -0.496 e. The number of carbonyl (C=O) groups excluding carboxylic acids is 3. The third-order valence-electron chi connectivity index (χ3n) is 8.59. The molecule has 1 fully saturated rings. The topological polar surface area (TPSA) is 75.7 Å². The van der Waals surface area contributed by atoms with Crippen LogP contribution in [0, 0.1) is 5.92 Å². The smallest absolute Gasteiger partial charge is 0.238 e. The number of Topliss-reactive ketones (excluding diaryl/α,β-unsaturated/α-hetero) is 2. The summed E-state index contributed by atoms with van der Waals surface area (Å²) in [6.45, 7) is 0. The third-order valence-corrected chi connectivity index (χ3v) is 9.21. The summed E-state index contributed by atoms with van der Waals surface area (Å²) in [5.74, 6) is -1.19. The van der Waals surface area contributed by atoms with Crippen LogP contribution in [0.25, 0.3) is 6.08 Å². The van der Waals surface area contributed by atoms with E-state index in [4.69, 9.17) is 4.74 Å². The second-order valence-electron chi connectivity index (χ2n) is 10.5. The molecular formula is C34H25BrN2O4. The first-order valence-electron chi connectivity index (χ1n) is 13.4. The summed E-state index contributed by atoms with van der Waals surface area (Å²) in [6.07, 6.45) is 3.97. The second kappa shape index (κ2) is 9.56. The number of rotatable bonds is 5. The van der Waals surface area contributed by atoms with E-state index in [1.807, 2.05) is 71.6 Å². The summed E-state index contributed by atoms with van der Waals surface area (Å²) in [5.41, 5.74) is 2.67. The number of ketones is 2. The number of carbonyl (C=O) groups is 3. The van der Waals surface area contributed by atoms with Crippen LogP contribution in [0.3, 0.4) is 0 Å². The van der Waals surface area contributed by atoms with Crippen LogP contribution in [-0.4, -0.2) is 36.7 Å². The van der Waals surface area contributed by atoms with Crippen molar-refractivity contribution in [1.29, 1.82) is 0 Å². The zero-order chi connectivity index (χ0) is 28.3. The van der Waals surface area contributed by atoms with Crippen LogP contribution in [0.15, 0.2) is 108 Å². The highest BCUT2D eigenvalue weighted by Gasteiger charge is 2.70. The van der Waals surface area contributed by atoms with Gasteiger partial charge in [0, 0.05) is 22.5 Å². The van der Waals surface area contributed by atoms with Gasteiger partial charge in [-0.2, -0.15) is 0 Å². The van der Waals surface area contributed by atoms with Crippen LogP contribution < -0.4 is 15.0 Å². The van der Waals surface area contributed by atoms with E-state index in [-0.39, 0.29) is 17.5 Å². The number of halogens is 1. The average Bonchev–Trinajstić information content (AvgIpc) is 3.49. The molecule has 1 N–H and O–H groups in total. The number of para-hydroxylation sites is 2. The van der Waals surface area contributed by atoms with Gasteiger partial charge in [0.2, 0.25) is 5.91 Å². The molecule has 4 aromatic carbocycles. The lowest BCUT2D eigenvalue weighted by Gasteiger charge is -2.37. The van der Waals surface area contributed by atoms with Gasteiger partial charge in [-0.3, -0.25) is 14.4 Å². The predicted octanol–water partition coefficient (Wildman–Crippen LogP) is 6.31. The van der Waals surface area contributed by atoms with Crippen LogP contribution in [0.2, 0.25) is 0 Å². The van der Waals surface area contributed by atoms with E-state index >= 15 is 0 Å². The first kappa shape index (κ1) is 25.5. The average molecular weight is 605 g/mol. The molecule has 7 heteroatoms. The number of nitrogens with zero attached hydrogens (tertiary/aromatic N) is 1. The second-order valence-corrected chi connectivity index (χ2v) is 11.4. The molecule has 1 amide bonds. The Bertz CT molecular complexity index is 1770. The minimum atomic E-state index is -1.34. The maximum Gasteiger partial charge on any atom is 0.238 e. The fraction of sp³-hybridized carbons (Fsp3) is 0.147. The molecule has 0 bridgehead atoms. The Labute approximate surface area is 245 Å². The molecule has 0 unspecified atom stereocenters. The molecule has 3 heterocycles. The Kier molecular flexibility index (Phi) is 5.94. The van der Waals surface area contributed by atoms with E-state index in [2.05, 4.69) is 21.2 Å². The number of benzene rings is 4. The quantitative estimate of drug-likeness (QED) is 0.270. The maximum atomic E-state index is 14.8. The van der Waals surface area contributed by atoms with Crippen molar-refractivity contribution in [2.75, 3.05) is 17.3 Å². The lowest BCUT2D eigenvalue weighted by molar-refractivity contribution is -0.121. The van der Waals surface area contributed by atoms with Crippen LogP contribution in [0.4, 0.5) is 11.4 Å². The van der Waals surface area contributed by atoms with Crippen molar-refractivity contribution >= 4 is 50.9 Å². The van der Waals surface area contributed by atoms with Crippen LogP contribution in [-0.2, 0) is 10.2 Å². The number of methoxy groups -OCH3 is 1. The highest BCUT2D eigenvalue weighted by molar-refractivity contribution is 9.10. The minimum absolute atomic E-state index is 0.244. The number of anilines is 2. The summed E-state index contributed by atoms with van der Waals surface area (Å²) in [7, 11) is 1.56. The summed E-state index contributed by atoms with van der Waals surface area (Å²) >= 11 is 3.52. The van der Waals surface area contributed by atoms with Gasteiger partial charge < -0.3 is 15.0 Å². The monoisotopic (exact) mass is 604 g/mol. The highest BCUT2D eigenvalue weighted by Crippen LogP contribution is 2.58. The Morgan fingerprint density at radius 3 is 2.39 bits per heavy atom. The maximum absolute atomic E-state index is 14.8. The number of hydrogen-bond acceptors (Lipinski definition) is 5. The van der Waals surface area contributed by atoms with E-state index in [1.54, 1.807) is 49.6 Å². The molecule has 4 atom stereocenters. The molecular weight excluding hydrogens is 580 g/mol. The van der Waals surface area contributed by atoms with E-state index < -0.39 is 23.4 Å². The molecule has 6 nitrogen and oxygen atoms in total. The van der Waals surface area contributed by atoms with Crippen molar-refractivity contribution in [3.05, 3.63) is 130 Å². The van der Waals surface area contributed by atoms with Crippen LogP contribution >= 0.6 is 15.9 Å². The molecule has 41 heavy (non-hydrogen) atoms. The first-order valence-corrected chi connectivity index (χ1v) is 14.2. The van der Waals surface area contributed by atoms with Crippen molar-refractivity contribution < 1.29 is 19.1 Å². The van der Waals surface area contributed by atoms with Gasteiger partial charge in [-0.05, 0) is 57.4 Å². The molecule has 3 aliphatic heterocycles. The molecule has 1 spiro atoms. The normalized spacial score (nSPS) is 23.5. The summed E-state index contributed by atoms with van der Waals surface area (Å²) in [6, 6.07) is 27.9. The molecule has 0 aliphatic carbocycles. The Morgan fingerprint density at radius 2 is 1.61 bits per heavy atom. The van der Waals surface area contributed by atoms with Crippen molar-refractivity contribution in [3.8, 4) is 5.75 Å². The number of nitrogens with one attached hydrogen (secondary N) is 1. The Morgan fingerprint density at radius 1 is 0.878 bits per heavy atom. The van der Waals surface area contributed by atoms with Gasteiger partial charge in [-0.15, -0.1) is 0 Å². The SMILES string of the molecule is COc1ccc(C(=O)[C@H]2[C@@H](C(=O)c3ccccc3)[C@]3(C(=O)Nc4ccccc43)[C@H]3C=Cc4ccccc4N23)cc1Br. The van der Waals surface area contributed by atoms with Gasteiger partial charge in [-0.25, -0.2) is 0 Å². The molecule has 0 aromatic heterocycles. The number of fused-ring (bicyclic) bond motifs is 6. The lowest BCUT2D eigenvalue weighted by Crippen LogP contribution is -2.51. The van der Waals surface area contributed by atoms with Gasteiger partial charge in [0.05, 0.1) is 23.5 Å². The van der Waals surface area contributed by atoms with Crippen molar-refractivity contribution in [2.45, 2.75) is 17.5 Å². The molecule has 7 rings (SSSR count). The van der Waals surface area contributed by atoms with Gasteiger partial charge in [0.25, 0.3) is 0 Å². The molecule has 0 radical (unpaired) electrons. The first-order chi connectivity index (χ1) is 20.0. The van der Waals surface area contributed by atoms with Gasteiger partial charge in [0.1, 0.15) is 17.2 Å². The molecule has 1 saturated heterocycles. The standard InChI is InChI=1S/C34H25BrN2O4/c1-41-27-17-15-22(19-24(27)35)32(39)30-29(31(38)21-10-3-2-4-11-21)34(23-12-6-7-13-25(23)36-33(34)40)28-18-16-20-9-5-8-14-26(20)37(28)30/h2-19,28-30H,1H3,(H,36,40)/t28-,29+,30-,34-/m1/s1. The molecule has 4 aromatic rings. The van der Waals surface area contributed by atoms with E-state index in [9.17, 15) is 14.4 Å². The summed E-state index contributed by atoms with van der Waals surface area (Å²) in [4.78, 5) is 45.8. The van der Waals surface area contributed by atoms with Gasteiger partial charge in [0.15, 0.2) is 11.6 Å². The van der Waals surface area contributed by atoms with E-state index in [0.29, 0.717) is 27.0 Å². The van der Waals surface area contributed by atoms with Crippen molar-refractivity contribution in [2.24, 2.45) is 5.92 Å². The van der Waals surface area contributed by atoms with E-state index in [1.165, 1.54) is 0 Å². The summed E-state index contributed by atoms with van der Waals surface area (Å²) in [5, 5.41) is 3.06. The van der Waals surface area contributed by atoms with Gasteiger partial charge >= 0.3 is 0 Å². The van der Waals surface area contributed by atoms with Gasteiger partial charge in [-0.1, -0.05) is 78.9 Å². The third kappa shape index (κ3) is 3.58. The zero-order valence-electron chi connectivity index (χ0n) is 22.1. The van der Waals surface area contributed by atoms with Crippen molar-refractivity contribution in [1.82, 2.24) is 0 Å². The lowest BCUT2D eigenvalue weighted by atomic mass is 9.64. The molecule has 3 aliphatic rings. The number of ether oxygens (including phenoxy) is 1. The number of hydrogen-bond donors (Lipinski definition) is 1. The zero-order valence-corrected chi connectivity index (χ0v) is 23.7. The fourth-order valence-corrected chi connectivity index (χ4v) is 7.43. The number of amides is 1. The predicted molar refractivity (Wildman–Crippen MR) is 162 cm³/mol.